The van der Waals surface area contributed by atoms with E-state index in [0.29, 0.717) is 12.8 Å². The molecule has 0 aromatic heterocycles. The molecule has 6 heteroatoms. The van der Waals surface area contributed by atoms with E-state index in [9.17, 15) is 14.4 Å². The molecule has 348 valence electrons. The molecule has 6 nitrogen and oxygen atoms in total. The Labute approximate surface area is 375 Å². The number of unbranched alkanes of at least 4 members (excludes halogenated alkanes) is 20. The molecule has 0 radical (unpaired) electrons. The van der Waals surface area contributed by atoms with Crippen molar-refractivity contribution in [2.24, 2.45) is 0 Å². The van der Waals surface area contributed by atoms with Gasteiger partial charge in [0.25, 0.3) is 0 Å². The quantitative estimate of drug-likeness (QED) is 0.0200. The summed E-state index contributed by atoms with van der Waals surface area (Å²) in [5, 5.41) is 0. The molecule has 0 spiro atoms. The summed E-state index contributed by atoms with van der Waals surface area (Å²) in [6.07, 6.45) is 62.9. The van der Waals surface area contributed by atoms with Crippen molar-refractivity contribution in [2.45, 2.75) is 232 Å². The van der Waals surface area contributed by atoms with Crippen LogP contribution in [0.4, 0.5) is 0 Å². The normalized spacial score (nSPS) is 12.8. The van der Waals surface area contributed by atoms with Crippen LogP contribution < -0.4 is 0 Å². The van der Waals surface area contributed by atoms with E-state index in [1.54, 1.807) is 0 Å². The van der Waals surface area contributed by atoms with Crippen molar-refractivity contribution in [3.05, 3.63) is 85.1 Å². The number of rotatable bonds is 44. The number of ether oxygens (including phenoxy) is 3. The summed E-state index contributed by atoms with van der Waals surface area (Å²) in [4.78, 5) is 37.9. The zero-order valence-corrected chi connectivity index (χ0v) is 39.7. The van der Waals surface area contributed by atoms with Crippen molar-refractivity contribution < 1.29 is 28.6 Å². The van der Waals surface area contributed by atoms with E-state index in [1.807, 2.05) is 6.08 Å². The number of esters is 3. The van der Waals surface area contributed by atoms with Crippen LogP contribution in [0.15, 0.2) is 85.1 Å². The number of carbonyl (C=O) groups is 3. The average molecular weight is 849 g/mol. The second kappa shape index (κ2) is 49.2. The predicted molar refractivity (Wildman–Crippen MR) is 261 cm³/mol. The maximum absolute atomic E-state index is 12.8. The van der Waals surface area contributed by atoms with Gasteiger partial charge < -0.3 is 14.2 Å². The van der Waals surface area contributed by atoms with Gasteiger partial charge >= 0.3 is 17.9 Å². The lowest BCUT2D eigenvalue weighted by Crippen LogP contribution is -2.30. The van der Waals surface area contributed by atoms with E-state index < -0.39 is 6.10 Å². The van der Waals surface area contributed by atoms with E-state index in [2.05, 4.69) is 99.8 Å². The van der Waals surface area contributed by atoms with Crippen molar-refractivity contribution in [3.63, 3.8) is 0 Å². The van der Waals surface area contributed by atoms with Gasteiger partial charge in [-0.1, -0.05) is 196 Å². The Morgan fingerprint density at radius 1 is 0.361 bits per heavy atom. The van der Waals surface area contributed by atoms with E-state index in [4.69, 9.17) is 14.2 Å². The maximum Gasteiger partial charge on any atom is 0.306 e. The van der Waals surface area contributed by atoms with Crippen LogP contribution in [0.2, 0.25) is 0 Å². The predicted octanol–water partition coefficient (Wildman–Crippen LogP) is 16.4. The molecule has 1 atom stereocenters. The van der Waals surface area contributed by atoms with Gasteiger partial charge in [-0.15, -0.1) is 0 Å². The Balaban J connectivity index is 4.53. The third-order valence-electron chi connectivity index (χ3n) is 10.4. The molecule has 0 aromatic carbocycles. The summed E-state index contributed by atoms with van der Waals surface area (Å²) < 4.78 is 16.7. The lowest BCUT2D eigenvalue weighted by molar-refractivity contribution is -0.166. The minimum Gasteiger partial charge on any atom is -0.462 e. The molecule has 1 unspecified atom stereocenters. The second-order valence-electron chi connectivity index (χ2n) is 16.4. The Hall–Kier alpha value is -3.41. The minimum atomic E-state index is -0.821. The molecule has 0 aromatic rings. The van der Waals surface area contributed by atoms with Crippen LogP contribution in [-0.2, 0) is 28.6 Å². The van der Waals surface area contributed by atoms with Gasteiger partial charge in [-0.25, -0.2) is 0 Å². The Kier molecular flexibility index (Phi) is 46.5. The third-order valence-corrected chi connectivity index (χ3v) is 10.4. The average Bonchev–Trinajstić information content (AvgIpc) is 3.26. The molecule has 61 heavy (non-hydrogen) atoms. The standard InChI is InChI=1S/C55H92O6/c1-4-7-10-13-16-19-22-25-27-28-31-33-36-39-42-45-48-54(57)60-51-52(50-59-53(56)47-44-41-38-35-32-29-24-21-18-15-12-9-6-3)61-55(58)49-46-43-40-37-34-30-26-23-20-17-14-11-8-5-2/h8,11,17,20,26-33,38,41,52H,4-7,9-10,12-16,18-19,21-25,34-37,39-40,42-51H2,1-3H3/b11-8-,20-17-,28-27-,30-26-,32-29-,33-31-,41-38-. The van der Waals surface area contributed by atoms with Crippen molar-refractivity contribution >= 4 is 17.9 Å². The zero-order chi connectivity index (χ0) is 44.4. The summed E-state index contributed by atoms with van der Waals surface area (Å²) in [5.74, 6) is -1.04. The number of allylic oxidation sites excluding steroid dienone is 14. The molecule has 0 aliphatic rings. The first kappa shape index (κ1) is 57.6. The first-order chi connectivity index (χ1) is 30.0. The molecule has 0 N–H and O–H groups in total. The molecule has 0 rings (SSSR count). The summed E-state index contributed by atoms with van der Waals surface area (Å²) in [5.41, 5.74) is 0. The molecular weight excluding hydrogens is 757 g/mol. The van der Waals surface area contributed by atoms with E-state index in [0.717, 1.165) is 96.3 Å². The molecule has 0 aliphatic heterocycles. The lowest BCUT2D eigenvalue weighted by Gasteiger charge is -2.18. The first-order valence-electron chi connectivity index (χ1n) is 25.1. The molecule has 0 saturated heterocycles. The van der Waals surface area contributed by atoms with Gasteiger partial charge in [-0.2, -0.15) is 0 Å². The topological polar surface area (TPSA) is 78.9 Å². The fourth-order valence-electron chi connectivity index (χ4n) is 6.62. The van der Waals surface area contributed by atoms with Gasteiger partial charge in [0.1, 0.15) is 13.2 Å². The minimum absolute atomic E-state index is 0.117. The van der Waals surface area contributed by atoms with Crippen LogP contribution >= 0.6 is 0 Å². The first-order valence-corrected chi connectivity index (χ1v) is 25.1. The van der Waals surface area contributed by atoms with Gasteiger partial charge in [0, 0.05) is 19.3 Å². The van der Waals surface area contributed by atoms with Gasteiger partial charge in [-0.3, -0.25) is 14.4 Å². The van der Waals surface area contributed by atoms with Crippen LogP contribution in [0.5, 0.6) is 0 Å². The summed E-state index contributed by atoms with van der Waals surface area (Å²) in [6, 6.07) is 0. The number of hydrogen-bond donors (Lipinski definition) is 0. The molecule has 0 fully saturated rings. The van der Waals surface area contributed by atoms with Crippen LogP contribution in [0, 0.1) is 0 Å². The molecule has 0 aliphatic carbocycles. The monoisotopic (exact) mass is 849 g/mol. The molecule has 0 bridgehead atoms. The van der Waals surface area contributed by atoms with Gasteiger partial charge in [0.05, 0.1) is 0 Å². The van der Waals surface area contributed by atoms with E-state index >= 15 is 0 Å². The summed E-state index contributed by atoms with van der Waals surface area (Å²) in [6.45, 7) is 6.40. The van der Waals surface area contributed by atoms with E-state index in [-0.39, 0.29) is 44.0 Å². The third kappa shape index (κ3) is 47.5. The molecular formula is C55H92O6. The van der Waals surface area contributed by atoms with Crippen molar-refractivity contribution in [1.82, 2.24) is 0 Å². The second-order valence-corrected chi connectivity index (χ2v) is 16.4. The smallest absolute Gasteiger partial charge is 0.306 e. The molecule has 0 amide bonds. The Morgan fingerprint density at radius 3 is 1.21 bits per heavy atom. The highest BCUT2D eigenvalue weighted by Gasteiger charge is 2.19. The van der Waals surface area contributed by atoms with Crippen molar-refractivity contribution in [1.29, 1.82) is 0 Å². The molecule has 0 heterocycles. The highest BCUT2D eigenvalue weighted by atomic mass is 16.6. The SMILES string of the molecule is CC/C=C\C/C=C\C/C=C\CCCCCCC(=O)OC(COC(=O)CC/C=C\C/C=C\CCCCCCCC)COC(=O)CCCCC/C=C\C=C/CCCCCCCCC. The number of hydrogen-bond acceptors (Lipinski definition) is 6. The van der Waals surface area contributed by atoms with Crippen molar-refractivity contribution in [2.75, 3.05) is 13.2 Å². The fraction of sp³-hybridized carbons (Fsp3) is 0.691. The summed E-state index contributed by atoms with van der Waals surface area (Å²) in [7, 11) is 0. The van der Waals surface area contributed by atoms with Gasteiger partial charge in [0.2, 0.25) is 0 Å². The largest absolute Gasteiger partial charge is 0.462 e. The fourth-order valence-corrected chi connectivity index (χ4v) is 6.62. The summed E-state index contributed by atoms with van der Waals surface area (Å²) >= 11 is 0. The zero-order valence-electron chi connectivity index (χ0n) is 39.7. The van der Waals surface area contributed by atoms with E-state index in [1.165, 1.54) is 83.5 Å². The van der Waals surface area contributed by atoms with Gasteiger partial charge in [-0.05, 0) is 96.3 Å². The van der Waals surface area contributed by atoms with Crippen LogP contribution in [-0.4, -0.2) is 37.2 Å². The van der Waals surface area contributed by atoms with Crippen LogP contribution in [0.3, 0.4) is 0 Å². The highest BCUT2D eigenvalue weighted by Crippen LogP contribution is 2.12. The van der Waals surface area contributed by atoms with Crippen LogP contribution in [0.1, 0.15) is 226 Å². The maximum atomic E-state index is 12.8. The van der Waals surface area contributed by atoms with Crippen LogP contribution in [0.25, 0.3) is 0 Å². The Bertz CT molecular complexity index is 1200. The highest BCUT2D eigenvalue weighted by molar-refractivity contribution is 5.71. The number of carbonyl (C=O) groups excluding carboxylic acids is 3. The molecule has 0 saturated carbocycles. The Morgan fingerprint density at radius 2 is 0.721 bits per heavy atom. The van der Waals surface area contributed by atoms with Gasteiger partial charge in [0.15, 0.2) is 6.10 Å². The van der Waals surface area contributed by atoms with Crippen molar-refractivity contribution in [3.8, 4) is 0 Å². The lowest BCUT2D eigenvalue weighted by atomic mass is 10.1.